The highest BCUT2D eigenvalue weighted by Gasteiger charge is 2.24. The minimum atomic E-state index is -3.07. The van der Waals surface area contributed by atoms with Crippen LogP contribution in [0.15, 0.2) is 24.3 Å². The average molecular weight is 351 g/mol. The van der Waals surface area contributed by atoms with Crippen LogP contribution in [0.2, 0.25) is 5.02 Å². The number of ketones is 1. The molecule has 1 aromatic rings. The summed E-state index contributed by atoms with van der Waals surface area (Å²) in [7, 11) is 0. The lowest BCUT2D eigenvalue weighted by Crippen LogP contribution is -2.00. The van der Waals surface area contributed by atoms with Gasteiger partial charge in [-0.3, -0.25) is 4.79 Å². The van der Waals surface area contributed by atoms with Crippen LogP contribution < -0.4 is 0 Å². The van der Waals surface area contributed by atoms with E-state index in [1.54, 1.807) is 38.1 Å². The van der Waals surface area contributed by atoms with Gasteiger partial charge < -0.3 is 9.05 Å². The summed E-state index contributed by atoms with van der Waals surface area (Å²) in [5, 5.41) is 0.608. The van der Waals surface area contributed by atoms with E-state index in [1.165, 1.54) is 0 Å². The summed E-state index contributed by atoms with van der Waals surface area (Å²) in [5.41, 5.74) is 0.641. The molecule has 0 radical (unpaired) electrons. The molecule has 4 nitrogen and oxygen atoms in total. The van der Waals surface area contributed by atoms with Crippen LogP contribution in [0.1, 0.15) is 37.0 Å². The maximum atomic E-state index is 12.2. The molecule has 1 rings (SSSR count). The largest absolute Gasteiger partial charge is 0.389 e. The average Bonchev–Trinajstić information content (AvgIpc) is 2.45. The number of hydrogen-bond donors (Lipinski definition) is 0. The van der Waals surface area contributed by atoms with Crippen LogP contribution in [0.5, 0.6) is 0 Å². The minimum absolute atomic E-state index is 0.0509. The van der Waals surface area contributed by atoms with Gasteiger partial charge in [0.1, 0.15) is 0 Å². The standard InChI is InChI=1S/C14H20ClO4PS/c1-3-18-20(17,19-4-2)21-11-5-6-14(16)12-7-9-13(15)10-8-12/h7-10H,3-6,11H2,1-2H3. The molecule has 0 aliphatic heterocycles. The van der Waals surface area contributed by atoms with Gasteiger partial charge in [-0.1, -0.05) is 11.6 Å². The molecule has 0 N–H and O–H groups in total. The van der Waals surface area contributed by atoms with E-state index in [0.29, 0.717) is 42.4 Å². The lowest BCUT2D eigenvalue weighted by Gasteiger charge is -2.15. The Morgan fingerprint density at radius 3 is 2.29 bits per heavy atom. The van der Waals surface area contributed by atoms with Gasteiger partial charge in [0.05, 0.1) is 13.2 Å². The van der Waals surface area contributed by atoms with Gasteiger partial charge in [-0.05, 0) is 55.9 Å². The molecular formula is C14H20ClO4PS. The lowest BCUT2D eigenvalue weighted by molar-refractivity contribution is 0.0982. The smallest absolute Gasteiger partial charge is 0.301 e. The summed E-state index contributed by atoms with van der Waals surface area (Å²) in [4.78, 5) is 11.9. The van der Waals surface area contributed by atoms with E-state index in [-0.39, 0.29) is 5.78 Å². The highest BCUT2D eigenvalue weighted by molar-refractivity contribution is 8.55. The molecule has 0 unspecified atom stereocenters. The van der Waals surface area contributed by atoms with Crippen molar-refractivity contribution in [2.45, 2.75) is 26.7 Å². The Morgan fingerprint density at radius 2 is 1.76 bits per heavy atom. The fourth-order valence-corrected chi connectivity index (χ4v) is 5.23. The first-order chi connectivity index (χ1) is 10.0. The number of carbonyl (C=O) groups is 1. The fraction of sp³-hybridized carbons (Fsp3) is 0.500. The summed E-state index contributed by atoms with van der Waals surface area (Å²) < 4.78 is 22.5. The molecule has 0 fully saturated rings. The molecule has 0 aliphatic carbocycles. The number of benzene rings is 1. The van der Waals surface area contributed by atoms with E-state index in [0.717, 1.165) is 11.4 Å². The Hall–Kier alpha value is -0.320. The van der Waals surface area contributed by atoms with Gasteiger partial charge in [0.25, 0.3) is 0 Å². The van der Waals surface area contributed by atoms with Crippen LogP contribution >= 0.6 is 29.8 Å². The molecule has 0 aromatic heterocycles. The molecule has 1 aromatic carbocycles. The molecule has 0 spiro atoms. The predicted octanol–water partition coefficient (Wildman–Crippen LogP) is 5.22. The summed E-state index contributed by atoms with van der Waals surface area (Å²) in [6.45, 7) is 1.16. The summed E-state index contributed by atoms with van der Waals surface area (Å²) in [6.07, 6.45) is 1.02. The van der Waals surface area contributed by atoms with E-state index in [2.05, 4.69) is 0 Å². The number of Topliss-reactive ketones (excluding diaryl/α,β-unsaturated/α-hetero) is 1. The summed E-state index contributed by atoms with van der Waals surface area (Å²) >= 11 is 6.93. The first kappa shape index (κ1) is 18.7. The topological polar surface area (TPSA) is 52.6 Å². The highest BCUT2D eigenvalue weighted by atomic mass is 35.5. The molecular weight excluding hydrogens is 331 g/mol. The quantitative estimate of drug-likeness (QED) is 0.329. The Labute approximate surface area is 134 Å². The first-order valence-corrected chi connectivity index (χ1v) is 10.3. The van der Waals surface area contributed by atoms with Gasteiger partial charge in [-0.25, -0.2) is 4.57 Å². The first-order valence-electron chi connectivity index (χ1n) is 6.83. The molecule has 0 saturated carbocycles. The van der Waals surface area contributed by atoms with Crippen molar-refractivity contribution in [1.29, 1.82) is 0 Å². The van der Waals surface area contributed by atoms with Crippen LogP contribution in [0, 0.1) is 0 Å². The van der Waals surface area contributed by atoms with Gasteiger partial charge in [-0.2, -0.15) is 0 Å². The van der Waals surface area contributed by atoms with Crippen LogP contribution in [0.4, 0.5) is 0 Å². The van der Waals surface area contributed by atoms with Crippen molar-refractivity contribution >= 4 is 35.6 Å². The van der Waals surface area contributed by atoms with Gasteiger partial charge in [0, 0.05) is 22.8 Å². The van der Waals surface area contributed by atoms with E-state index in [1.807, 2.05) is 0 Å². The molecule has 0 amide bonds. The number of halogens is 1. The van der Waals surface area contributed by atoms with Crippen LogP contribution in [-0.2, 0) is 13.6 Å². The molecule has 0 atom stereocenters. The van der Waals surface area contributed by atoms with Crippen molar-refractivity contribution < 1.29 is 18.4 Å². The number of hydrogen-bond acceptors (Lipinski definition) is 5. The van der Waals surface area contributed by atoms with Crippen molar-refractivity contribution in [1.82, 2.24) is 0 Å². The van der Waals surface area contributed by atoms with Crippen molar-refractivity contribution in [3.8, 4) is 0 Å². The van der Waals surface area contributed by atoms with Crippen LogP contribution in [0.3, 0.4) is 0 Å². The van der Waals surface area contributed by atoms with Crippen molar-refractivity contribution in [2.75, 3.05) is 19.0 Å². The molecule has 0 heterocycles. The van der Waals surface area contributed by atoms with E-state index >= 15 is 0 Å². The third kappa shape index (κ3) is 6.98. The predicted molar refractivity (Wildman–Crippen MR) is 88.3 cm³/mol. The Kier molecular flexibility index (Phi) is 8.60. The van der Waals surface area contributed by atoms with Gasteiger partial charge >= 0.3 is 6.80 Å². The highest BCUT2D eigenvalue weighted by Crippen LogP contribution is 2.60. The van der Waals surface area contributed by atoms with Crippen LogP contribution in [0.25, 0.3) is 0 Å². The Morgan fingerprint density at radius 1 is 1.19 bits per heavy atom. The molecule has 118 valence electrons. The maximum Gasteiger partial charge on any atom is 0.389 e. The van der Waals surface area contributed by atoms with Crippen LogP contribution in [-0.4, -0.2) is 24.7 Å². The lowest BCUT2D eigenvalue weighted by atomic mass is 10.1. The van der Waals surface area contributed by atoms with Crippen molar-refractivity contribution in [3.63, 3.8) is 0 Å². The Bertz CT molecular complexity index is 482. The third-order valence-corrected chi connectivity index (χ3v) is 6.86. The second-order valence-corrected chi connectivity index (χ2v) is 8.78. The van der Waals surface area contributed by atoms with E-state index in [9.17, 15) is 9.36 Å². The summed E-state index contributed by atoms with van der Waals surface area (Å²) in [5.74, 6) is 0.603. The molecule has 0 saturated heterocycles. The Balaban J connectivity index is 2.37. The second-order valence-electron chi connectivity index (χ2n) is 4.15. The van der Waals surface area contributed by atoms with Crippen molar-refractivity contribution in [3.05, 3.63) is 34.9 Å². The van der Waals surface area contributed by atoms with Gasteiger partial charge in [-0.15, -0.1) is 0 Å². The molecule has 7 heteroatoms. The number of carbonyl (C=O) groups excluding carboxylic acids is 1. The van der Waals surface area contributed by atoms with E-state index in [4.69, 9.17) is 20.6 Å². The van der Waals surface area contributed by atoms with Gasteiger partial charge in [0.2, 0.25) is 0 Å². The zero-order valence-corrected chi connectivity index (χ0v) is 14.7. The third-order valence-electron chi connectivity index (χ3n) is 2.54. The van der Waals surface area contributed by atoms with Gasteiger partial charge in [0.15, 0.2) is 5.78 Å². The molecule has 0 bridgehead atoms. The summed E-state index contributed by atoms with van der Waals surface area (Å²) in [6, 6.07) is 6.82. The monoisotopic (exact) mass is 350 g/mol. The SMILES string of the molecule is CCOP(=O)(OCC)SCCCC(=O)c1ccc(Cl)cc1. The minimum Gasteiger partial charge on any atom is -0.301 e. The zero-order valence-electron chi connectivity index (χ0n) is 12.2. The van der Waals surface area contributed by atoms with Crippen molar-refractivity contribution in [2.24, 2.45) is 0 Å². The number of rotatable bonds is 10. The second kappa shape index (κ2) is 9.65. The normalized spacial score (nSPS) is 11.6. The maximum absolute atomic E-state index is 12.2. The zero-order chi connectivity index (χ0) is 15.7. The molecule has 0 aliphatic rings. The fourth-order valence-electron chi connectivity index (χ4n) is 1.62. The van der Waals surface area contributed by atoms with E-state index < -0.39 is 6.80 Å². The molecule has 21 heavy (non-hydrogen) atoms.